The second kappa shape index (κ2) is 7.70. The fourth-order valence-electron chi connectivity index (χ4n) is 2.51. The molecule has 0 unspecified atom stereocenters. The third-order valence-electron chi connectivity index (χ3n) is 3.93. The van der Waals surface area contributed by atoms with E-state index in [9.17, 15) is 4.79 Å². The molecular weight excluding hydrogens is 395 g/mol. The SMILES string of the molecule is Cc1nn(-c2ccc(Cl)c(C(=O)OCc3ccccc3Cl)c2)c(C)c1Cl. The topological polar surface area (TPSA) is 44.1 Å². The van der Waals surface area contributed by atoms with E-state index < -0.39 is 5.97 Å². The molecule has 7 heteroatoms. The van der Waals surface area contributed by atoms with Crippen LogP contribution in [0.5, 0.6) is 0 Å². The van der Waals surface area contributed by atoms with Gasteiger partial charge in [0, 0.05) is 10.6 Å². The molecular formula is C19H15Cl3N2O2. The molecule has 0 aliphatic carbocycles. The Morgan fingerprint density at radius 2 is 1.81 bits per heavy atom. The Bertz CT molecular complexity index is 983. The summed E-state index contributed by atoms with van der Waals surface area (Å²) in [6.07, 6.45) is 0. The number of aromatic nitrogens is 2. The third-order valence-corrected chi connectivity index (χ3v) is 5.18. The first kappa shape index (κ1) is 18.8. The lowest BCUT2D eigenvalue weighted by atomic mass is 10.2. The monoisotopic (exact) mass is 408 g/mol. The maximum atomic E-state index is 12.5. The molecule has 0 amide bonds. The normalized spacial score (nSPS) is 10.8. The van der Waals surface area contributed by atoms with Crippen LogP contribution < -0.4 is 0 Å². The number of ether oxygens (including phenoxy) is 1. The van der Waals surface area contributed by atoms with E-state index in [1.54, 1.807) is 35.0 Å². The van der Waals surface area contributed by atoms with Crippen molar-refractivity contribution < 1.29 is 9.53 Å². The van der Waals surface area contributed by atoms with Crippen LogP contribution in [0.3, 0.4) is 0 Å². The summed E-state index contributed by atoms with van der Waals surface area (Å²) >= 11 is 18.5. The predicted octanol–water partition coefficient (Wildman–Crippen LogP) is 5.81. The maximum Gasteiger partial charge on any atom is 0.340 e. The average Bonchev–Trinajstić information content (AvgIpc) is 2.88. The van der Waals surface area contributed by atoms with Gasteiger partial charge in [0.15, 0.2) is 0 Å². The van der Waals surface area contributed by atoms with Crippen LogP contribution in [0.25, 0.3) is 5.69 Å². The number of carbonyl (C=O) groups is 1. The fraction of sp³-hybridized carbons (Fsp3) is 0.158. The van der Waals surface area contributed by atoms with E-state index in [1.807, 2.05) is 26.0 Å². The molecule has 0 saturated carbocycles. The minimum absolute atomic E-state index is 0.0603. The molecule has 0 bridgehead atoms. The van der Waals surface area contributed by atoms with Gasteiger partial charge in [0.1, 0.15) is 6.61 Å². The minimum Gasteiger partial charge on any atom is -0.457 e. The van der Waals surface area contributed by atoms with Crippen LogP contribution in [0.4, 0.5) is 0 Å². The molecule has 134 valence electrons. The van der Waals surface area contributed by atoms with Crippen LogP contribution in [-0.2, 0) is 11.3 Å². The van der Waals surface area contributed by atoms with E-state index in [1.165, 1.54) is 0 Å². The van der Waals surface area contributed by atoms with Gasteiger partial charge in [-0.25, -0.2) is 9.48 Å². The number of hydrogen-bond acceptors (Lipinski definition) is 3. The van der Waals surface area contributed by atoms with Crippen molar-refractivity contribution in [2.24, 2.45) is 0 Å². The number of rotatable bonds is 4. The van der Waals surface area contributed by atoms with Gasteiger partial charge in [-0.05, 0) is 38.1 Å². The minimum atomic E-state index is -0.538. The van der Waals surface area contributed by atoms with Crippen molar-refractivity contribution in [2.75, 3.05) is 0 Å². The highest BCUT2D eigenvalue weighted by atomic mass is 35.5. The first-order valence-electron chi connectivity index (χ1n) is 7.80. The summed E-state index contributed by atoms with van der Waals surface area (Å²) in [6, 6.07) is 12.2. The van der Waals surface area contributed by atoms with Crippen molar-refractivity contribution in [1.29, 1.82) is 0 Å². The predicted molar refractivity (Wildman–Crippen MR) is 104 cm³/mol. The summed E-state index contributed by atoms with van der Waals surface area (Å²) in [5, 5.41) is 5.81. The molecule has 0 N–H and O–H groups in total. The number of esters is 1. The van der Waals surface area contributed by atoms with Crippen molar-refractivity contribution in [3.05, 3.63) is 80.0 Å². The molecule has 0 radical (unpaired) electrons. The van der Waals surface area contributed by atoms with E-state index in [-0.39, 0.29) is 12.2 Å². The van der Waals surface area contributed by atoms with Crippen molar-refractivity contribution in [2.45, 2.75) is 20.5 Å². The molecule has 26 heavy (non-hydrogen) atoms. The molecule has 1 heterocycles. The van der Waals surface area contributed by atoms with Crippen molar-refractivity contribution in [3.63, 3.8) is 0 Å². The highest BCUT2D eigenvalue weighted by Crippen LogP contribution is 2.26. The molecule has 4 nitrogen and oxygen atoms in total. The van der Waals surface area contributed by atoms with Crippen LogP contribution in [0.15, 0.2) is 42.5 Å². The lowest BCUT2D eigenvalue weighted by Crippen LogP contribution is -2.08. The Morgan fingerprint density at radius 3 is 2.46 bits per heavy atom. The summed E-state index contributed by atoms with van der Waals surface area (Å²) in [5.74, 6) is -0.538. The van der Waals surface area contributed by atoms with Gasteiger partial charge in [-0.3, -0.25) is 0 Å². The van der Waals surface area contributed by atoms with Crippen molar-refractivity contribution in [3.8, 4) is 5.69 Å². The second-order valence-electron chi connectivity index (χ2n) is 5.73. The molecule has 2 aromatic carbocycles. The van der Waals surface area contributed by atoms with E-state index in [4.69, 9.17) is 39.5 Å². The summed E-state index contributed by atoms with van der Waals surface area (Å²) in [6.45, 7) is 3.73. The zero-order valence-electron chi connectivity index (χ0n) is 14.1. The number of benzene rings is 2. The molecule has 0 spiro atoms. The smallest absolute Gasteiger partial charge is 0.340 e. The Kier molecular flexibility index (Phi) is 5.56. The molecule has 0 aliphatic heterocycles. The van der Waals surface area contributed by atoms with Gasteiger partial charge in [0.25, 0.3) is 0 Å². The summed E-state index contributed by atoms with van der Waals surface area (Å²) < 4.78 is 7.03. The van der Waals surface area contributed by atoms with Gasteiger partial charge >= 0.3 is 5.97 Å². The number of nitrogens with zero attached hydrogens (tertiary/aromatic N) is 2. The molecule has 0 saturated heterocycles. The van der Waals surface area contributed by atoms with E-state index in [2.05, 4.69) is 5.10 Å². The molecule has 3 rings (SSSR count). The fourth-order valence-corrected chi connectivity index (χ4v) is 3.02. The standard InChI is InChI=1S/C19H15Cl3N2O2/c1-11-18(22)12(2)24(23-11)14-7-8-17(21)15(9-14)19(25)26-10-13-5-3-4-6-16(13)20/h3-9H,10H2,1-2H3. The average molecular weight is 410 g/mol. The molecule has 0 aliphatic rings. The Morgan fingerprint density at radius 1 is 1.08 bits per heavy atom. The number of halogens is 3. The summed E-state index contributed by atoms with van der Waals surface area (Å²) in [4.78, 5) is 12.5. The van der Waals surface area contributed by atoms with Crippen LogP contribution in [0, 0.1) is 13.8 Å². The quantitative estimate of drug-likeness (QED) is 0.511. The molecule has 0 atom stereocenters. The van der Waals surface area contributed by atoms with Gasteiger partial charge in [-0.1, -0.05) is 53.0 Å². The highest BCUT2D eigenvalue weighted by molar-refractivity contribution is 6.33. The lowest BCUT2D eigenvalue weighted by molar-refractivity contribution is 0.0473. The zero-order chi connectivity index (χ0) is 18.8. The lowest BCUT2D eigenvalue weighted by Gasteiger charge is -2.10. The van der Waals surface area contributed by atoms with E-state index in [0.717, 1.165) is 11.3 Å². The maximum absolute atomic E-state index is 12.5. The number of aryl methyl sites for hydroxylation is 1. The van der Waals surface area contributed by atoms with Gasteiger partial charge < -0.3 is 4.74 Å². The highest BCUT2D eigenvalue weighted by Gasteiger charge is 2.17. The van der Waals surface area contributed by atoms with Crippen molar-refractivity contribution >= 4 is 40.8 Å². The Hall–Kier alpha value is -2.01. The first-order valence-corrected chi connectivity index (χ1v) is 8.94. The Balaban J connectivity index is 1.86. The first-order chi connectivity index (χ1) is 12.4. The van der Waals surface area contributed by atoms with Crippen LogP contribution in [0.2, 0.25) is 15.1 Å². The van der Waals surface area contributed by atoms with Gasteiger partial charge in [0.2, 0.25) is 0 Å². The summed E-state index contributed by atoms with van der Waals surface area (Å²) in [5.41, 5.74) is 3.13. The van der Waals surface area contributed by atoms with E-state index >= 15 is 0 Å². The Labute approximate surface area is 166 Å². The van der Waals surface area contributed by atoms with Gasteiger partial charge in [-0.15, -0.1) is 0 Å². The van der Waals surface area contributed by atoms with Crippen molar-refractivity contribution in [1.82, 2.24) is 9.78 Å². The third kappa shape index (κ3) is 3.73. The van der Waals surface area contributed by atoms with Gasteiger partial charge in [-0.2, -0.15) is 5.10 Å². The van der Waals surface area contributed by atoms with Gasteiger partial charge in [0.05, 0.1) is 32.7 Å². The second-order valence-corrected chi connectivity index (χ2v) is 6.92. The van der Waals surface area contributed by atoms with Crippen LogP contribution in [-0.4, -0.2) is 15.7 Å². The van der Waals surface area contributed by atoms with E-state index in [0.29, 0.717) is 26.4 Å². The van der Waals surface area contributed by atoms with Crippen LogP contribution in [0.1, 0.15) is 27.3 Å². The van der Waals surface area contributed by atoms with Crippen LogP contribution >= 0.6 is 34.8 Å². The number of carbonyl (C=O) groups excluding carboxylic acids is 1. The summed E-state index contributed by atoms with van der Waals surface area (Å²) in [7, 11) is 0. The zero-order valence-corrected chi connectivity index (χ0v) is 16.4. The molecule has 0 fully saturated rings. The molecule has 1 aromatic heterocycles. The molecule has 3 aromatic rings. The largest absolute Gasteiger partial charge is 0.457 e. The number of hydrogen-bond donors (Lipinski definition) is 0.